The summed E-state index contributed by atoms with van der Waals surface area (Å²) in [6, 6.07) is 9.06. The summed E-state index contributed by atoms with van der Waals surface area (Å²) in [6.45, 7) is 8.20. The first-order valence-electron chi connectivity index (χ1n) is 6.44. The highest BCUT2D eigenvalue weighted by molar-refractivity contribution is 5.23. The Morgan fingerprint density at radius 1 is 1.17 bits per heavy atom. The zero-order valence-electron chi connectivity index (χ0n) is 11.4. The van der Waals surface area contributed by atoms with Gasteiger partial charge in [-0.25, -0.2) is 0 Å². The van der Waals surface area contributed by atoms with Gasteiger partial charge in [0.15, 0.2) is 0 Å². The maximum Gasteiger partial charge on any atom is 0.0534 e. The summed E-state index contributed by atoms with van der Waals surface area (Å²) in [5.74, 6) is 0. The minimum absolute atomic E-state index is 0.377. The molecular formula is C15H21N3. The summed E-state index contributed by atoms with van der Waals surface area (Å²) >= 11 is 0. The van der Waals surface area contributed by atoms with Crippen molar-refractivity contribution in [3.63, 3.8) is 0 Å². The van der Waals surface area contributed by atoms with Crippen LogP contribution >= 0.6 is 0 Å². The molecule has 2 aromatic rings. The van der Waals surface area contributed by atoms with Gasteiger partial charge < -0.3 is 5.32 Å². The number of hydrogen-bond donors (Lipinski definition) is 1. The maximum atomic E-state index is 4.27. The third-order valence-corrected chi connectivity index (χ3v) is 3.13. The molecule has 0 fully saturated rings. The highest BCUT2D eigenvalue weighted by Crippen LogP contribution is 2.12. The predicted molar refractivity (Wildman–Crippen MR) is 74.6 cm³/mol. The van der Waals surface area contributed by atoms with Gasteiger partial charge in [0.05, 0.1) is 12.7 Å². The molecule has 0 saturated carbocycles. The van der Waals surface area contributed by atoms with Crippen molar-refractivity contribution in [1.29, 1.82) is 0 Å². The molecule has 0 aliphatic carbocycles. The molecule has 0 bridgehead atoms. The third kappa shape index (κ3) is 3.44. The van der Waals surface area contributed by atoms with Gasteiger partial charge in [-0.2, -0.15) is 5.10 Å². The average molecular weight is 243 g/mol. The standard InChI is InChI=1S/C15H21N3/c1-12-4-6-15(7-5-12)14(3)16-8-9-18-11-13(2)10-17-18/h4-7,10-11,14,16H,8-9H2,1-3H3/t14-/m0/s1. The third-order valence-electron chi connectivity index (χ3n) is 3.13. The van der Waals surface area contributed by atoms with Crippen molar-refractivity contribution in [2.45, 2.75) is 33.4 Å². The zero-order chi connectivity index (χ0) is 13.0. The first kappa shape index (κ1) is 12.8. The Kier molecular flexibility index (Phi) is 4.15. The molecule has 0 unspecified atom stereocenters. The first-order valence-corrected chi connectivity index (χ1v) is 6.44. The first-order chi connectivity index (χ1) is 8.65. The molecule has 1 heterocycles. The number of benzene rings is 1. The van der Waals surface area contributed by atoms with Gasteiger partial charge in [0, 0.05) is 18.8 Å². The number of aryl methyl sites for hydroxylation is 2. The average Bonchev–Trinajstić information content (AvgIpc) is 2.76. The van der Waals surface area contributed by atoms with Gasteiger partial charge in [0.2, 0.25) is 0 Å². The fourth-order valence-electron chi connectivity index (χ4n) is 1.96. The van der Waals surface area contributed by atoms with Crippen molar-refractivity contribution < 1.29 is 0 Å². The Morgan fingerprint density at radius 2 is 1.89 bits per heavy atom. The summed E-state index contributed by atoms with van der Waals surface area (Å²) in [4.78, 5) is 0. The van der Waals surface area contributed by atoms with E-state index in [1.54, 1.807) is 0 Å². The molecule has 2 rings (SSSR count). The summed E-state index contributed by atoms with van der Waals surface area (Å²) in [7, 11) is 0. The van der Waals surface area contributed by atoms with Crippen LogP contribution in [-0.2, 0) is 6.54 Å². The summed E-state index contributed by atoms with van der Waals surface area (Å²) in [6.07, 6.45) is 3.96. The molecule has 0 radical (unpaired) electrons. The van der Waals surface area contributed by atoms with E-state index in [4.69, 9.17) is 0 Å². The van der Waals surface area contributed by atoms with Crippen LogP contribution in [0, 0.1) is 13.8 Å². The quantitative estimate of drug-likeness (QED) is 0.875. The number of aromatic nitrogens is 2. The molecule has 0 spiro atoms. The SMILES string of the molecule is Cc1ccc([C@H](C)NCCn2cc(C)cn2)cc1. The van der Waals surface area contributed by atoms with Gasteiger partial charge in [0.1, 0.15) is 0 Å². The molecule has 96 valence electrons. The van der Waals surface area contributed by atoms with E-state index in [2.05, 4.69) is 61.6 Å². The second-order valence-electron chi connectivity index (χ2n) is 4.87. The van der Waals surface area contributed by atoms with Crippen molar-refractivity contribution >= 4 is 0 Å². The summed E-state index contributed by atoms with van der Waals surface area (Å²) in [5, 5.41) is 7.79. The smallest absolute Gasteiger partial charge is 0.0534 e. The number of nitrogens with zero attached hydrogens (tertiary/aromatic N) is 2. The second kappa shape index (κ2) is 5.83. The van der Waals surface area contributed by atoms with Gasteiger partial charge in [0.25, 0.3) is 0 Å². The van der Waals surface area contributed by atoms with Crippen LogP contribution in [0.2, 0.25) is 0 Å². The fourth-order valence-corrected chi connectivity index (χ4v) is 1.96. The van der Waals surface area contributed by atoms with Gasteiger partial charge in [-0.05, 0) is 31.9 Å². The summed E-state index contributed by atoms with van der Waals surface area (Å²) in [5.41, 5.74) is 3.84. The molecule has 0 aliphatic heterocycles. The van der Waals surface area contributed by atoms with Crippen molar-refractivity contribution in [3.8, 4) is 0 Å². The Hall–Kier alpha value is -1.61. The highest BCUT2D eigenvalue weighted by atomic mass is 15.3. The van der Waals surface area contributed by atoms with Crippen molar-refractivity contribution in [2.75, 3.05) is 6.54 Å². The van der Waals surface area contributed by atoms with E-state index < -0.39 is 0 Å². The Labute approximate surface area is 109 Å². The van der Waals surface area contributed by atoms with Crippen LogP contribution in [0.4, 0.5) is 0 Å². The predicted octanol–water partition coefficient (Wildman–Crippen LogP) is 2.85. The topological polar surface area (TPSA) is 29.9 Å². The maximum absolute atomic E-state index is 4.27. The number of nitrogens with one attached hydrogen (secondary N) is 1. The second-order valence-corrected chi connectivity index (χ2v) is 4.87. The van der Waals surface area contributed by atoms with Gasteiger partial charge in [-0.3, -0.25) is 4.68 Å². The lowest BCUT2D eigenvalue weighted by Gasteiger charge is -2.14. The van der Waals surface area contributed by atoms with Crippen molar-refractivity contribution in [3.05, 3.63) is 53.3 Å². The van der Waals surface area contributed by atoms with E-state index in [0.29, 0.717) is 6.04 Å². The van der Waals surface area contributed by atoms with Crippen LogP contribution in [0.5, 0.6) is 0 Å². The molecule has 18 heavy (non-hydrogen) atoms. The minimum atomic E-state index is 0.377. The van der Waals surface area contributed by atoms with E-state index >= 15 is 0 Å². The molecule has 1 atom stereocenters. The van der Waals surface area contributed by atoms with Crippen LogP contribution in [0.15, 0.2) is 36.7 Å². The van der Waals surface area contributed by atoms with Gasteiger partial charge in [-0.15, -0.1) is 0 Å². The van der Waals surface area contributed by atoms with Crippen molar-refractivity contribution in [1.82, 2.24) is 15.1 Å². The van der Waals surface area contributed by atoms with E-state index in [1.165, 1.54) is 16.7 Å². The largest absolute Gasteiger partial charge is 0.308 e. The minimum Gasteiger partial charge on any atom is -0.308 e. The molecule has 3 heteroatoms. The number of rotatable bonds is 5. The van der Waals surface area contributed by atoms with Crippen LogP contribution in [0.1, 0.15) is 29.7 Å². The molecule has 1 N–H and O–H groups in total. The van der Waals surface area contributed by atoms with Gasteiger partial charge >= 0.3 is 0 Å². The molecule has 0 aliphatic rings. The molecule has 0 saturated heterocycles. The van der Waals surface area contributed by atoms with Gasteiger partial charge in [-0.1, -0.05) is 29.8 Å². The monoisotopic (exact) mass is 243 g/mol. The molecule has 3 nitrogen and oxygen atoms in total. The van der Waals surface area contributed by atoms with Crippen LogP contribution in [-0.4, -0.2) is 16.3 Å². The lowest BCUT2D eigenvalue weighted by atomic mass is 10.1. The molecular weight excluding hydrogens is 222 g/mol. The Balaban J connectivity index is 1.81. The fraction of sp³-hybridized carbons (Fsp3) is 0.400. The van der Waals surface area contributed by atoms with E-state index in [9.17, 15) is 0 Å². The van der Waals surface area contributed by atoms with Crippen LogP contribution in [0.25, 0.3) is 0 Å². The Bertz CT molecular complexity index is 485. The lowest BCUT2D eigenvalue weighted by molar-refractivity contribution is 0.507. The lowest BCUT2D eigenvalue weighted by Crippen LogP contribution is -2.23. The van der Waals surface area contributed by atoms with E-state index in [0.717, 1.165) is 13.1 Å². The molecule has 1 aromatic carbocycles. The van der Waals surface area contributed by atoms with Crippen molar-refractivity contribution in [2.24, 2.45) is 0 Å². The normalized spacial score (nSPS) is 12.6. The molecule has 0 amide bonds. The summed E-state index contributed by atoms with van der Waals surface area (Å²) < 4.78 is 1.98. The number of hydrogen-bond acceptors (Lipinski definition) is 2. The van der Waals surface area contributed by atoms with Crippen LogP contribution in [0.3, 0.4) is 0 Å². The van der Waals surface area contributed by atoms with E-state index in [1.807, 2.05) is 10.9 Å². The molecule has 1 aromatic heterocycles. The Morgan fingerprint density at radius 3 is 2.50 bits per heavy atom. The van der Waals surface area contributed by atoms with E-state index in [-0.39, 0.29) is 0 Å². The highest BCUT2D eigenvalue weighted by Gasteiger charge is 2.03. The van der Waals surface area contributed by atoms with Crippen LogP contribution < -0.4 is 5.32 Å². The zero-order valence-corrected chi connectivity index (χ0v) is 11.4.